The first-order chi connectivity index (χ1) is 8.08. The third kappa shape index (κ3) is 2.51. The van der Waals surface area contributed by atoms with Gasteiger partial charge in [0.1, 0.15) is 11.6 Å². The zero-order chi connectivity index (χ0) is 12.4. The molecule has 0 aliphatic rings. The lowest BCUT2D eigenvalue weighted by Gasteiger charge is -2.10. The first-order valence-corrected chi connectivity index (χ1v) is 5.99. The Balaban J connectivity index is 2.33. The Morgan fingerprint density at radius 3 is 2.24 bits per heavy atom. The molecule has 2 rings (SSSR count). The van der Waals surface area contributed by atoms with Crippen LogP contribution in [0.1, 0.15) is 0 Å². The lowest BCUT2D eigenvalue weighted by Crippen LogP contribution is -2.02. The number of rotatable bonds is 2. The van der Waals surface area contributed by atoms with Crippen molar-refractivity contribution in [1.82, 2.24) is 0 Å². The van der Waals surface area contributed by atoms with E-state index in [-0.39, 0.29) is 17.3 Å². The molecule has 17 heavy (non-hydrogen) atoms. The minimum atomic E-state index is -1.43. The van der Waals surface area contributed by atoms with Crippen LogP contribution < -0.4 is 5.73 Å². The third-order valence-corrected chi connectivity index (χ3v) is 3.62. The number of anilines is 1. The van der Waals surface area contributed by atoms with Crippen LogP contribution in [0, 0.1) is 5.82 Å². The van der Waals surface area contributed by atoms with Crippen LogP contribution in [0.25, 0.3) is 0 Å². The van der Waals surface area contributed by atoms with Gasteiger partial charge in [-0.2, -0.15) is 0 Å². The van der Waals surface area contributed by atoms with Gasteiger partial charge >= 0.3 is 0 Å². The Kier molecular flexibility index (Phi) is 3.21. The van der Waals surface area contributed by atoms with Gasteiger partial charge in [0.05, 0.1) is 5.69 Å². The van der Waals surface area contributed by atoms with E-state index in [0.29, 0.717) is 9.79 Å². The first kappa shape index (κ1) is 11.8. The summed E-state index contributed by atoms with van der Waals surface area (Å²) in [5.74, 6) is -0.430. The third-order valence-electron chi connectivity index (χ3n) is 2.24. The zero-order valence-electron chi connectivity index (χ0n) is 8.76. The van der Waals surface area contributed by atoms with Gasteiger partial charge in [-0.1, -0.05) is 0 Å². The number of benzene rings is 2. The summed E-state index contributed by atoms with van der Waals surface area (Å²) < 4.78 is 24.8. The van der Waals surface area contributed by atoms with E-state index in [0.717, 1.165) is 0 Å². The molecule has 0 spiro atoms. The van der Waals surface area contributed by atoms with E-state index in [1.807, 2.05) is 0 Å². The molecule has 0 aliphatic heterocycles. The first-order valence-electron chi connectivity index (χ1n) is 4.84. The lowest BCUT2D eigenvalue weighted by molar-refractivity contribution is 0.477. The molecule has 0 radical (unpaired) electrons. The van der Waals surface area contributed by atoms with Gasteiger partial charge in [0, 0.05) is 17.2 Å². The van der Waals surface area contributed by atoms with E-state index < -0.39 is 11.2 Å². The van der Waals surface area contributed by atoms with E-state index in [4.69, 9.17) is 5.73 Å². The minimum Gasteiger partial charge on any atom is -0.606 e. The molecule has 0 bridgehead atoms. The molecule has 2 aromatic carbocycles. The smallest absolute Gasteiger partial charge is 0.160 e. The van der Waals surface area contributed by atoms with Crippen LogP contribution in [-0.4, -0.2) is 9.66 Å². The Morgan fingerprint density at radius 2 is 1.65 bits per heavy atom. The number of hydrogen-bond donors (Lipinski definition) is 2. The van der Waals surface area contributed by atoms with Crippen molar-refractivity contribution in [3.8, 4) is 5.75 Å². The number of hydrogen-bond acceptors (Lipinski definition) is 3. The Hall–Kier alpha value is -1.72. The average Bonchev–Trinajstić information content (AvgIpc) is 2.33. The molecule has 3 N–H and O–H groups in total. The van der Waals surface area contributed by atoms with Crippen molar-refractivity contribution < 1.29 is 14.0 Å². The summed E-state index contributed by atoms with van der Waals surface area (Å²) in [6.07, 6.45) is 0. The van der Waals surface area contributed by atoms with Crippen molar-refractivity contribution in [2.45, 2.75) is 9.79 Å². The molecule has 0 amide bonds. The maximum absolute atomic E-state index is 12.7. The number of nitrogen functional groups attached to an aromatic ring is 1. The number of halogens is 1. The van der Waals surface area contributed by atoms with Gasteiger partial charge in [-0.15, -0.1) is 0 Å². The van der Waals surface area contributed by atoms with E-state index >= 15 is 0 Å². The zero-order valence-corrected chi connectivity index (χ0v) is 9.58. The van der Waals surface area contributed by atoms with Crippen molar-refractivity contribution in [3.63, 3.8) is 0 Å². The van der Waals surface area contributed by atoms with Crippen molar-refractivity contribution >= 4 is 16.9 Å². The molecule has 3 nitrogen and oxygen atoms in total. The monoisotopic (exact) mass is 251 g/mol. The fraction of sp³-hybridized carbons (Fsp3) is 0. The van der Waals surface area contributed by atoms with Crippen LogP contribution in [0.2, 0.25) is 0 Å². The summed E-state index contributed by atoms with van der Waals surface area (Å²) in [6, 6.07) is 9.74. The molecule has 0 fully saturated rings. The Bertz CT molecular complexity index is 531. The second kappa shape index (κ2) is 4.65. The molecule has 1 atom stereocenters. The molecule has 2 aromatic rings. The van der Waals surface area contributed by atoms with Crippen LogP contribution >= 0.6 is 0 Å². The van der Waals surface area contributed by atoms with E-state index in [2.05, 4.69) is 0 Å². The quantitative estimate of drug-likeness (QED) is 0.488. The van der Waals surface area contributed by atoms with Gasteiger partial charge in [-0.3, -0.25) is 0 Å². The number of aromatic hydroxyl groups is 1. The molecule has 0 saturated carbocycles. The van der Waals surface area contributed by atoms with Crippen molar-refractivity contribution in [1.29, 1.82) is 0 Å². The van der Waals surface area contributed by atoms with E-state index in [1.54, 1.807) is 0 Å². The number of nitrogens with two attached hydrogens (primary N) is 1. The lowest BCUT2D eigenvalue weighted by atomic mass is 10.3. The fourth-order valence-electron chi connectivity index (χ4n) is 1.34. The second-order valence-electron chi connectivity index (χ2n) is 3.44. The number of phenolic OH excluding ortho intramolecular Hbond substituents is 1. The highest BCUT2D eigenvalue weighted by atomic mass is 32.2. The second-order valence-corrected chi connectivity index (χ2v) is 4.92. The van der Waals surface area contributed by atoms with Crippen LogP contribution in [0.5, 0.6) is 5.75 Å². The van der Waals surface area contributed by atoms with Crippen molar-refractivity contribution in [2.75, 3.05) is 5.73 Å². The summed E-state index contributed by atoms with van der Waals surface area (Å²) in [5, 5.41) is 9.26. The topological polar surface area (TPSA) is 69.3 Å². The highest BCUT2D eigenvalue weighted by molar-refractivity contribution is 7.91. The summed E-state index contributed by atoms with van der Waals surface area (Å²) in [7, 11) is 0. The van der Waals surface area contributed by atoms with Gasteiger partial charge in [0.2, 0.25) is 0 Å². The number of phenols is 1. The molecular formula is C12H10FNO2S. The fourth-order valence-corrected chi connectivity index (χ4v) is 2.42. The summed E-state index contributed by atoms with van der Waals surface area (Å²) >= 11 is -1.43. The van der Waals surface area contributed by atoms with Gasteiger partial charge in [-0.05, 0) is 36.4 Å². The van der Waals surface area contributed by atoms with Crippen molar-refractivity contribution in [2.24, 2.45) is 0 Å². The Labute approximate surface area is 101 Å². The van der Waals surface area contributed by atoms with Crippen LogP contribution in [0.3, 0.4) is 0 Å². The maximum atomic E-state index is 12.7. The SMILES string of the molecule is Nc1cc([S+]([O-])c2ccc(F)cc2)ccc1O. The van der Waals surface area contributed by atoms with Crippen LogP contribution in [0.15, 0.2) is 52.3 Å². The van der Waals surface area contributed by atoms with Gasteiger partial charge in [-0.25, -0.2) is 4.39 Å². The summed E-state index contributed by atoms with van der Waals surface area (Å²) in [5.41, 5.74) is 5.68. The predicted molar refractivity (Wildman–Crippen MR) is 63.6 cm³/mol. The normalized spacial score (nSPS) is 12.4. The standard InChI is InChI=1S/C12H10FNO2S/c13-8-1-3-9(4-2-8)17(16)10-5-6-12(15)11(14)7-10/h1-7,15H,14H2. The predicted octanol–water partition coefficient (Wildman–Crippen LogP) is 2.28. The molecule has 88 valence electrons. The molecule has 0 aliphatic carbocycles. The van der Waals surface area contributed by atoms with Crippen LogP contribution in [-0.2, 0) is 11.2 Å². The van der Waals surface area contributed by atoms with Gasteiger partial charge < -0.3 is 15.4 Å². The average molecular weight is 251 g/mol. The maximum Gasteiger partial charge on any atom is 0.160 e. The highest BCUT2D eigenvalue weighted by Crippen LogP contribution is 2.27. The summed E-state index contributed by atoms with van der Waals surface area (Å²) in [6.45, 7) is 0. The Morgan fingerprint density at radius 1 is 1.06 bits per heavy atom. The van der Waals surface area contributed by atoms with E-state index in [9.17, 15) is 14.0 Å². The molecule has 1 unspecified atom stereocenters. The van der Waals surface area contributed by atoms with Gasteiger partial charge in [0.25, 0.3) is 0 Å². The van der Waals surface area contributed by atoms with Gasteiger partial charge in [0.15, 0.2) is 9.79 Å². The largest absolute Gasteiger partial charge is 0.606 e. The van der Waals surface area contributed by atoms with E-state index in [1.165, 1.54) is 42.5 Å². The molecule has 0 aromatic heterocycles. The molecular weight excluding hydrogens is 241 g/mol. The molecule has 5 heteroatoms. The minimum absolute atomic E-state index is 0.0511. The summed E-state index contributed by atoms with van der Waals surface area (Å²) in [4.78, 5) is 0.948. The molecule has 0 heterocycles. The van der Waals surface area contributed by atoms with Crippen molar-refractivity contribution in [3.05, 3.63) is 48.3 Å². The molecule has 0 saturated heterocycles. The highest BCUT2D eigenvalue weighted by Gasteiger charge is 2.15. The van der Waals surface area contributed by atoms with Crippen LogP contribution in [0.4, 0.5) is 10.1 Å².